The van der Waals surface area contributed by atoms with Crippen LogP contribution in [0.5, 0.6) is 5.75 Å². The number of nitrogens with zero attached hydrogens (tertiary/aromatic N) is 3. The molecule has 5 N–H and O–H groups in total. The number of imidazole rings is 1. The molecule has 0 aliphatic carbocycles. The number of carboxylic acids is 1. The van der Waals surface area contributed by atoms with E-state index in [0.29, 0.717) is 5.56 Å². The van der Waals surface area contributed by atoms with Gasteiger partial charge in [0.1, 0.15) is 24.0 Å². The first-order chi connectivity index (χ1) is 20.5. The van der Waals surface area contributed by atoms with Crippen molar-refractivity contribution < 1.29 is 81.4 Å². The average molecular weight is 644 g/mol. The molecule has 4 heterocycles. The number of phosphoric ester groups is 1. The number of anilines is 1. The predicted molar refractivity (Wildman–Crippen MR) is 140 cm³/mol. The van der Waals surface area contributed by atoms with E-state index < -0.39 is 74.7 Å². The number of rotatable bonds is 10. The van der Waals surface area contributed by atoms with Gasteiger partial charge in [0, 0.05) is 5.97 Å². The van der Waals surface area contributed by atoms with Crippen molar-refractivity contribution in [1.82, 2.24) is 19.5 Å². The van der Waals surface area contributed by atoms with Crippen molar-refractivity contribution >= 4 is 42.8 Å². The van der Waals surface area contributed by atoms with Gasteiger partial charge in [-0.1, -0.05) is 12.1 Å². The molecule has 0 saturated carbocycles. The second kappa shape index (κ2) is 13.7. The van der Waals surface area contributed by atoms with E-state index in [1.165, 1.54) is 30.1 Å². The first-order valence-corrected chi connectivity index (χ1v) is 14.2. The number of ether oxygens (including phenoxy) is 3. The topological polar surface area (TPSA) is 262 Å². The van der Waals surface area contributed by atoms with Crippen molar-refractivity contribution in [3.63, 3.8) is 0 Å². The molecule has 0 amide bonds. The van der Waals surface area contributed by atoms with Gasteiger partial charge in [0.15, 0.2) is 23.5 Å². The number of hydrogen-bond donors (Lipinski definition) is 3. The number of aliphatic carboxylic acids is 1. The number of esters is 2. The van der Waals surface area contributed by atoms with Crippen LogP contribution in [0.2, 0.25) is 0 Å². The number of nitrogen functional groups attached to an aromatic ring is 1. The number of carboxylic acid groups (broad SMARTS) is 1. The van der Waals surface area contributed by atoms with Gasteiger partial charge in [0.25, 0.3) is 5.56 Å². The summed E-state index contributed by atoms with van der Waals surface area (Å²) in [6.45, 7) is -0.319. The number of nitrogens with one attached hydrogen (secondary N) is 1. The number of H-pyrrole nitrogens is 1. The summed E-state index contributed by atoms with van der Waals surface area (Å²) in [6.07, 6.45) is -4.51. The van der Waals surface area contributed by atoms with Gasteiger partial charge < -0.3 is 40.1 Å². The largest absolute Gasteiger partial charge is 1.00 e. The first kappa shape index (κ1) is 33.5. The number of fused-ring (bicyclic) bond motifs is 2. The second-order valence-corrected chi connectivity index (χ2v) is 11.1. The molecule has 0 bridgehead atoms. The van der Waals surface area contributed by atoms with Crippen LogP contribution in [0, 0.1) is 0 Å². The van der Waals surface area contributed by atoms with Crippen LogP contribution in [0.25, 0.3) is 11.2 Å². The zero-order valence-electron chi connectivity index (χ0n) is 23.4. The maximum absolute atomic E-state index is 13.6. The van der Waals surface area contributed by atoms with Crippen LogP contribution in [0.1, 0.15) is 24.6 Å². The smallest absolute Gasteiger partial charge is 0.550 e. The Morgan fingerprint density at radius 1 is 1.25 bits per heavy atom. The van der Waals surface area contributed by atoms with Gasteiger partial charge in [-0.2, -0.15) is 4.98 Å². The second-order valence-electron chi connectivity index (χ2n) is 9.55. The van der Waals surface area contributed by atoms with E-state index >= 15 is 0 Å². The first-order valence-electron chi connectivity index (χ1n) is 12.8. The van der Waals surface area contributed by atoms with Crippen LogP contribution in [0.3, 0.4) is 0 Å². The van der Waals surface area contributed by atoms with E-state index in [1.54, 1.807) is 12.1 Å². The molecule has 44 heavy (non-hydrogen) atoms. The van der Waals surface area contributed by atoms with Gasteiger partial charge in [-0.15, -0.1) is 0 Å². The van der Waals surface area contributed by atoms with Crippen LogP contribution in [-0.2, 0) is 48.6 Å². The fraction of sp³-hybridized carbons (Fsp3) is 0.417. The molecule has 20 heteroatoms. The maximum atomic E-state index is 13.6. The zero-order valence-corrected chi connectivity index (χ0v) is 26.3. The van der Waals surface area contributed by atoms with Crippen molar-refractivity contribution in [2.24, 2.45) is 5.73 Å². The van der Waals surface area contributed by atoms with Crippen LogP contribution >= 0.6 is 7.82 Å². The van der Waals surface area contributed by atoms with Crippen LogP contribution in [-0.4, -0.2) is 75.5 Å². The Morgan fingerprint density at radius 3 is 2.66 bits per heavy atom. The SMILES string of the molecule is COC(=O)[C@H](N)Cc1ccc(OP2(=O)OC[C@H]3O[C@@H](n4cnc5c(=O)[nH]c(N)nc54)C(OC(=O)CCC(=O)[O-])[C@@H]3O2)cc1.[Na+]. The molecule has 6 atom stereocenters. The molecule has 3 aromatic rings. The van der Waals surface area contributed by atoms with Crippen molar-refractivity contribution in [2.45, 2.75) is 49.8 Å². The van der Waals surface area contributed by atoms with Gasteiger partial charge in [-0.3, -0.25) is 33.0 Å². The van der Waals surface area contributed by atoms with Gasteiger partial charge in [0.05, 0.1) is 26.5 Å². The number of hydrogen-bond acceptors (Lipinski definition) is 16. The summed E-state index contributed by atoms with van der Waals surface area (Å²) < 4.78 is 47.7. The van der Waals surface area contributed by atoms with E-state index in [4.69, 9.17) is 34.5 Å². The number of aromatic nitrogens is 4. The van der Waals surface area contributed by atoms with Crippen molar-refractivity contribution in [1.29, 1.82) is 0 Å². The van der Waals surface area contributed by atoms with Gasteiger partial charge in [0.2, 0.25) is 5.95 Å². The van der Waals surface area contributed by atoms with Crippen molar-refractivity contribution in [2.75, 3.05) is 19.5 Å². The number of benzene rings is 1. The Morgan fingerprint density at radius 2 is 1.98 bits per heavy atom. The molecular weight excluding hydrogens is 618 g/mol. The van der Waals surface area contributed by atoms with Crippen molar-refractivity contribution in [3.05, 3.63) is 46.5 Å². The molecule has 230 valence electrons. The number of carbonyl (C=O) groups is 3. The van der Waals surface area contributed by atoms with E-state index in [-0.39, 0.29) is 65.4 Å². The van der Waals surface area contributed by atoms with Crippen LogP contribution in [0.15, 0.2) is 35.4 Å². The molecule has 0 radical (unpaired) electrons. The zero-order chi connectivity index (χ0) is 30.9. The summed E-state index contributed by atoms with van der Waals surface area (Å²) in [5.74, 6) is -3.11. The summed E-state index contributed by atoms with van der Waals surface area (Å²) in [7, 11) is -3.11. The van der Waals surface area contributed by atoms with Gasteiger partial charge >= 0.3 is 49.3 Å². The predicted octanol–water partition coefficient (Wildman–Crippen LogP) is -4.31. The summed E-state index contributed by atoms with van der Waals surface area (Å²) in [4.78, 5) is 57.8. The molecule has 5 rings (SSSR count). The van der Waals surface area contributed by atoms with Gasteiger partial charge in [-0.05, 0) is 30.5 Å². The fourth-order valence-electron chi connectivity index (χ4n) is 4.56. The Kier molecular flexibility index (Phi) is 10.5. The molecular formula is C24H26N6NaO12P. The summed E-state index contributed by atoms with van der Waals surface area (Å²) in [5.41, 5.74) is 11.4. The number of nitrogens with two attached hydrogens (primary N) is 2. The number of phosphoric acid groups is 1. The van der Waals surface area contributed by atoms with Crippen molar-refractivity contribution in [3.8, 4) is 5.75 Å². The molecule has 0 spiro atoms. The quantitative estimate of drug-likeness (QED) is 0.107. The normalized spacial score (nSPS) is 25.0. The molecule has 2 aliphatic rings. The number of methoxy groups -OCH3 is 1. The Bertz CT molecular complexity index is 1650. The maximum Gasteiger partial charge on any atom is 1.00 e. The molecule has 2 unspecified atom stereocenters. The molecule has 2 fully saturated rings. The Hall–Kier alpha value is -3.35. The molecule has 18 nitrogen and oxygen atoms in total. The summed E-state index contributed by atoms with van der Waals surface area (Å²) >= 11 is 0. The fourth-order valence-corrected chi connectivity index (χ4v) is 5.98. The molecule has 2 saturated heterocycles. The molecule has 2 aliphatic heterocycles. The van der Waals surface area contributed by atoms with E-state index in [0.717, 1.165) is 0 Å². The third kappa shape index (κ3) is 7.30. The van der Waals surface area contributed by atoms with Gasteiger partial charge in [-0.25, -0.2) is 9.55 Å². The third-order valence-corrected chi connectivity index (χ3v) is 7.96. The minimum atomic E-state index is -4.34. The Labute approximate surface area is 270 Å². The number of carbonyl (C=O) groups excluding carboxylic acids is 3. The van der Waals surface area contributed by atoms with Crippen LogP contribution in [0.4, 0.5) is 5.95 Å². The Balaban J connectivity index is 0.00000442. The third-order valence-electron chi connectivity index (χ3n) is 6.56. The molecule has 2 aromatic heterocycles. The standard InChI is InChI=1S/C24H27N6O12P.Na/c1-37-23(35)13(25)8-11-2-4-12(5-3-11)41-43(36)38-9-14-18(42-43)19(40-16(33)7-6-15(31)32)22(39-14)30-10-27-17-20(30)28-24(26)29-21(17)34;/h2-5,10,13-14,18-19,22H,6-9,25H2,1H3,(H,31,32)(H3,26,28,29,34);/q;+1/p-1/t13-,14-,18-,19?,22-,43?;/m1./s1. The minimum Gasteiger partial charge on any atom is -0.550 e. The minimum absolute atomic E-state index is 0. The molecule has 1 aromatic carbocycles. The average Bonchev–Trinajstić information content (AvgIpc) is 3.53. The monoisotopic (exact) mass is 644 g/mol. The van der Waals surface area contributed by atoms with E-state index in [9.17, 15) is 28.8 Å². The van der Waals surface area contributed by atoms with E-state index in [1.807, 2.05) is 0 Å². The number of aromatic amines is 1. The summed E-state index contributed by atoms with van der Waals surface area (Å²) in [5, 5.41) is 10.9. The van der Waals surface area contributed by atoms with Crippen LogP contribution < -0.4 is 56.2 Å². The summed E-state index contributed by atoms with van der Waals surface area (Å²) in [6, 6.07) is 5.25. The van der Waals surface area contributed by atoms with E-state index in [2.05, 4.69) is 19.7 Å².